The Hall–Kier alpha value is -0.580. The van der Waals surface area contributed by atoms with Crippen LogP contribution in [0.15, 0.2) is 22.7 Å². The molecular formula is C14H18BrClN2O. The van der Waals surface area contributed by atoms with E-state index in [1.165, 1.54) is 6.42 Å². The Labute approximate surface area is 127 Å². The fourth-order valence-corrected chi connectivity index (χ4v) is 3.20. The standard InChI is InChI=1S/C14H18BrClN2O/c15-13-11(16)6-3-7-12(13)18-14(19)10-5-2-1-4-9(10)8-17/h3,6-7,9-10H,1-2,4-5,8,17H2,(H,18,19). The molecule has 1 aromatic rings. The lowest BCUT2D eigenvalue weighted by atomic mass is 9.78. The number of carbonyl (C=O) groups is 1. The molecule has 0 spiro atoms. The number of carbonyl (C=O) groups excluding carboxylic acids is 1. The van der Waals surface area contributed by atoms with Crippen molar-refractivity contribution in [1.82, 2.24) is 0 Å². The summed E-state index contributed by atoms with van der Waals surface area (Å²) in [4.78, 5) is 12.4. The smallest absolute Gasteiger partial charge is 0.227 e. The molecule has 2 atom stereocenters. The number of benzene rings is 1. The van der Waals surface area contributed by atoms with Crippen LogP contribution < -0.4 is 11.1 Å². The molecular weight excluding hydrogens is 328 g/mol. The highest BCUT2D eigenvalue weighted by Gasteiger charge is 2.30. The average Bonchev–Trinajstić information content (AvgIpc) is 2.43. The summed E-state index contributed by atoms with van der Waals surface area (Å²) in [6, 6.07) is 5.45. The van der Waals surface area contributed by atoms with Gasteiger partial charge in [-0.1, -0.05) is 30.5 Å². The van der Waals surface area contributed by atoms with Crippen molar-refractivity contribution in [3.63, 3.8) is 0 Å². The Kier molecular flexibility index (Phi) is 5.25. The Morgan fingerprint density at radius 3 is 2.89 bits per heavy atom. The summed E-state index contributed by atoms with van der Waals surface area (Å²) in [5, 5.41) is 3.55. The van der Waals surface area contributed by atoms with Crippen molar-refractivity contribution < 1.29 is 4.79 Å². The van der Waals surface area contributed by atoms with Crippen LogP contribution in [0.2, 0.25) is 5.02 Å². The molecule has 1 aliphatic rings. The predicted octanol–water partition coefficient (Wildman–Crippen LogP) is 3.81. The summed E-state index contributed by atoms with van der Waals surface area (Å²) < 4.78 is 0.727. The molecule has 0 bridgehead atoms. The maximum Gasteiger partial charge on any atom is 0.227 e. The van der Waals surface area contributed by atoms with Crippen LogP contribution in [0.5, 0.6) is 0 Å². The predicted molar refractivity (Wildman–Crippen MR) is 82.3 cm³/mol. The van der Waals surface area contributed by atoms with Crippen LogP contribution >= 0.6 is 27.5 Å². The highest BCUT2D eigenvalue weighted by Crippen LogP contribution is 2.33. The molecule has 1 fully saturated rings. The Morgan fingerprint density at radius 2 is 2.16 bits per heavy atom. The zero-order valence-electron chi connectivity index (χ0n) is 10.7. The van der Waals surface area contributed by atoms with Crippen LogP contribution in [0, 0.1) is 11.8 Å². The number of halogens is 2. The van der Waals surface area contributed by atoms with Crippen molar-refractivity contribution in [1.29, 1.82) is 0 Å². The molecule has 0 aliphatic heterocycles. The number of amides is 1. The lowest BCUT2D eigenvalue weighted by Crippen LogP contribution is -2.35. The number of rotatable bonds is 3. The molecule has 2 rings (SSSR count). The maximum absolute atomic E-state index is 12.4. The molecule has 1 aliphatic carbocycles. The van der Waals surface area contributed by atoms with Crippen LogP contribution in [0.25, 0.3) is 0 Å². The van der Waals surface area contributed by atoms with Crippen LogP contribution in [0.4, 0.5) is 5.69 Å². The number of nitrogens with two attached hydrogens (primary N) is 1. The van der Waals surface area contributed by atoms with Crippen LogP contribution in [-0.2, 0) is 4.79 Å². The van der Waals surface area contributed by atoms with Gasteiger partial charge in [-0.05, 0) is 53.4 Å². The maximum atomic E-state index is 12.4. The van der Waals surface area contributed by atoms with Gasteiger partial charge in [0.15, 0.2) is 0 Å². The molecule has 104 valence electrons. The minimum atomic E-state index is 0.0182. The first-order valence-corrected chi connectivity index (χ1v) is 7.75. The van der Waals surface area contributed by atoms with E-state index in [1.54, 1.807) is 6.07 Å². The molecule has 0 heterocycles. The van der Waals surface area contributed by atoms with Gasteiger partial charge in [-0.25, -0.2) is 0 Å². The molecule has 3 N–H and O–H groups in total. The Morgan fingerprint density at radius 1 is 1.42 bits per heavy atom. The van der Waals surface area contributed by atoms with E-state index in [9.17, 15) is 4.79 Å². The van der Waals surface area contributed by atoms with E-state index in [4.69, 9.17) is 17.3 Å². The fraction of sp³-hybridized carbons (Fsp3) is 0.500. The van der Waals surface area contributed by atoms with Gasteiger partial charge in [0, 0.05) is 5.92 Å². The number of nitrogens with one attached hydrogen (secondary N) is 1. The molecule has 2 unspecified atom stereocenters. The third-order valence-corrected chi connectivity index (χ3v) is 5.16. The van der Waals surface area contributed by atoms with Crippen LogP contribution in [0.1, 0.15) is 25.7 Å². The first-order chi connectivity index (χ1) is 9.13. The van der Waals surface area contributed by atoms with E-state index in [0.717, 1.165) is 29.4 Å². The van der Waals surface area contributed by atoms with Crippen molar-refractivity contribution in [3.8, 4) is 0 Å². The second kappa shape index (κ2) is 6.73. The van der Waals surface area contributed by atoms with Crippen molar-refractivity contribution in [3.05, 3.63) is 27.7 Å². The lowest BCUT2D eigenvalue weighted by molar-refractivity contribution is -0.122. The van der Waals surface area contributed by atoms with Gasteiger partial charge in [0.1, 0.15) is 0 Å². The molecule has 19 heavy (non-hydrogen) atoms. The molecule has 0 aromatic heterocycles. The van der Waals surface area contributed by atoms with Gasteiger partial charge in [0.05, 0.1) is 15.2 Å². The minimum Gasteiger partial charge on any atom is -0.330 e. The largest absolute Gasteiger partial charge is 0.330 e. The highest BCUT2D eigenvalue weighted by molar-refractivity contribution is 9.10. The molecule has 5 heteroatoms. The first-order valence-electron chi connectivity index (χ1n) is 6.58. The van der Waals surface area contributed by atoms with Gasteiger partial charge in [0.25, 0.3) is 0 Å². The summed E-state index contributed by atoms with van der Waals surface area (Å²) in [7, 11) is 0. The van der Waals surface area contributed by atoms with E-state index in [1.807, 2.05) is 12.1 Å². The van der Waals surface area contributed by atoms with Gasteiger partial charge in [-0.15, -0.1) is 0 Å². The molecule has 1 aromatic carbocycles. The molecule has 0 saturated heterocycles. The van der Waals surface area contributed by atoms with Crippen molar-refractivity contribution in [2.24, 2.45) is 17.6 Å². The zero-order chi connectivity index (χ0) is 13.8. The van der Waals surface area contributed by atoms with E-state index in [2.05, 4.69) is 21.2 Å². The zero-order valence-corrected chi connectivity index (χ0v) is 13.0. The Bertz CT molecular complexity index is 467. The molecule has 1 amide bonds. The third kappa shape index (κ3) is 3.50. The summed E-state index contributed by atoms with van der Waals surface area (Å²) in [5.74, 6) is 0.370. The van der Waals surface area contributed by atoms with E-state index in [-0.39, 0.29) is 11.8 Å². The van der Waals surface area contributed by atoms with Gasteiger partial charge in [0.2, 0.25) is 5.91 Å². The molecule has 1 saturated carbocycles. The van der Waals surface area contributed by atoms with Crippen LogP contribution in [0.3, 0.4) is 0 Å². The SMILES string of the molecule is NCC1CCCCC1C(=O)Nc1cccc(Cl)c1Br. The summed E-state index contributed by atoms with van der Waals surface area (Å²) in [6.45, 7) is 0.578. The molecule has 0 radical (unpaired) electrons. The molecule has 3 nitrogen and oxygen atoms in total. The van der Waals surface area contributed by atoms with Gasteiger partial charge in [-0.3, -0.25) is 4.79 Å². The third-order valence-electron chi connectivity index (χ3n) is 3.76. The van der Waals surface area contributed by atoms with Crippen molar-refractivity contribution in [2.45, 2.75) is 25.7 Å². The van der Waals surface area contributed by atoms with E-state index in [0.29, 0.717) is 17.5 Å². The van der Waals surface area contributed by atoms with Gasteiger partial charge in [-0.2, -0.15) is 0 Å². The highest BCUT2D eigenvalue weighted by atomic mass is 79.9. The lowest BCUT2D eigenvalue weighted by Gasteiger charge is -2.29. The number of anilines is 1. The van der Waals surface area contributed by atoms with Crippen LogP contribution in [-0.4, -0.2) is 12.5 Å². The fourth-order valence-electron chi connectivity index (χ4n) is 2.66. The second-order valence-electron chi connectivity index (χ2n) is 4.98. The number of hydrogen-bond donors (Lipinski definition) is 2. The Balaban J connectivity index is 2.09. The van der Waals surface area contributed by atoms with Crippen molar-refractivity contribution in [2.75, 3.05) is 11.9 Å². The summed E-state index contributed by atoms with van der Waals surface area (Å²) in [5.41, 5.74) is 6.49. The summed E-state index contributed by atoms with van der Waals surface area (Å²) >= 11 is 9.41. The quantitative estimate of drug-likeness (QED) is 0.875. The van der Waals surface area contributed by atoms with Gasteiger partial charge < -0.3 is 11.1 Å². The summed E-state index contributed by atoms with van der Waals surface area (Å²) in [6.07, 6.45) is 4.25. The second-order valence-corrected chi connectivity index (χ2v) is 6.18. The normalized spacial score (nSPS) is 23.1. The number of hydrogen-bond acceptors (Lipinski definition) is 2. The topological polar surface area (TPSA) is 55.1 Å². The van der Waals surface area contributed by atoms with Crippen molar-refractivity contribution >= 4 is 39.1 Å². The van der Waals surface area contributed by atoms with Gasteiger partial charge >= 0.3 is 0 Å². The van der Waals surface area contributed by atoms with E-state index >= 15 is 0 Å². The monoisotopic (exact) mass is 344 g/mol. The van der Waals surface area contributed by atoms with E-state index < -0.39 is 0 Å². The minimum absolute atomic E-state index is 0.0182. The average molecular weight is 346 g/mol. The first kappa shape index (κ1) is 14.8.